The van der Waals surface area contributed by atoms with Crippen molar-refractivity contribution in [2.75, 3.05) is 5.32 Å². The monoisotopic (exact) mass is 396 g/mol. The standard InChI is InChI=1S/C23H16F4N2/c1-14-17-6-3-5-9-20(17)29-21(14)18-7-2-4-8-19(18)28-22(29,23(25,26)27)15-10-12-16(24)13-11-15/h2-13,28H,1H3. The molecule has 0 saturated heterocycles. The Kier molecular flexibility index (Phi) is 3.60. The largest absolute Gasteiger partial charge is 0.435 e. The smallest absolute Gasteiger partial charge is 0.351 e. The van der Waals surface area contributed by atoms with Gasteiger partial charge in [-0.1, -0.05) is 48.5 Å². The van der Waals surface area contributed by atoms with Gasteiger partial charge in [-0.2, -0.15) is 13.2 Å². The molecule has 6 heteroatoms. The molecule has 0 radical (unpaired) electrons. The number of aryl methyl sites for hydroxylation is 1. The Bertz CT molecular complexity index is 1240. The van der Waals surface area contributed by atoms with Crippen molar-refractivity contribution in [2.24, 2.45) is 0 Å². The van der Waals surface area contributed by atoms with Crippen LogP contribution in [-0.2, 0) is 5.66 Å². The van der Waals surface area contributed by atoms with E-state index in [4.69, 9.17) is 0 Å². The van der Waals surface area contributed by atoms with Crippen molar-refractivity contribution in [1.29, 1.82) is 0 Å². The van der Waals surface area contributed by atoms with Crippen LogP contribution in [0, 0.1) is 12.7 Å². The van der Waals surface area contributed by atoms with Gasteiger partial charge in [0.2, 0.25) is 5.66 Å². The van der Waals surface area contributed by atoms with E-state index in [9.17, 15) is 17.6 Å². The van der Waals surface area contributed by atoms with Crippen LogP contribution in [0.3, 0.4) is 0 Å². The maximum Gasteiger partial charge on any atom is 0.435 e. The maximum atomic E-state index is 14.9. The fraction of sp³-hybridized carbons (Fsp3) is 0.130. The summed E-state index contributed by atoms with van der Waals surface area (Å²) in [4.78, 5) is 0. The summed E-state index contributed by atoms with van der Waals surface area (Å²) in [6.45, 7) is 1.84. The molecule has 146 valence electrons. The number of nitrogens with one attached hydrogen (secondary N) is 1. The zero-order valence-corrected chi connectivity index (χ0v) is 15.4. The van der Waals surface area contributed by atoms with Gasteiger partial charge >= 0.3 is 6.18 Å². The summed E-state index contributed by atoms with van der Waals surface area (Å²) in [7, 11) is 0. The van der Waals surface area contributed by atoms with Gasteiger partial charge < -0.3 is 9.88 Å². The van der Waals surface area contributed by atoms with Gasteiger partial charge in [0.1, 0.15) is 5.82 Å². The minimum atomic E-state index is -4.71. The minimum absolute atomic E-state index is 0.0806. The number of para-hydroxylation sites is 2. The Morgan fingerprint density at radius 3 is 2.24 bits per heavy atom. The van der Waals surface area contributed by atoms with Gasteiger partial charge in [0.05, 0.1) is 11.2 Å². The first-order valence-electron chi connectivity index (χ1n) is 9.15. The Morgan fingerprint density at radius 1 is 0.862 bits per heavy atom. The van der Waals surface area contributed by atoms with Crippen molar-refractivity contribution in [3.05, 3.63) is 89.7 Å². The van der Waals surface area contributed by atoms with E-state index < -0.39 is 17.7 Å². The number of anilines is 1. The highest BCUT2D eigenvalue weighted by Gasteiger charge is 2.61. The van der Waals surface area contributed by atoms with E-state index in [-0.39, 0.29) is 5.56 Å². The molecule has 1 unspecified atom stereocenters. The van der Waals surface area contributed by atoms with Gasteiger partial charge in [-0.15, -0.1) is 0 Å². The Balaban J connectivity index is 2.00. The minimum Gasteiger partial charge on any atom is -0.351 e. The molecule has 0 spiro atoms. The van der Waals surface area contributed by atoms with Crippen LogP contribution >= 0.6 is 0 Å². The maximum absolute atomic E-state index is 14.9. The predicted octanol–water partition coefficient (Wildman–Crippen LogP) is 6.44. The molecular formula is C23H16F4N2. The molecule has 0 bridgehead atoms. The second-order valence-electron chi connectivity index (χ2n) is 7.21. The van der Waals surface area contributed by atoms with Crippen molar-refractivity contribution < 1.29 is 17.6 Å². The van der Waals surface area contributed by atoms with Crippen LogP contribution in [0.2, 0.25) is 0 Å². The van der Waals surface area contributed by atoms with Crippen molar-refractivity contribution in [2.45, 2.75) is 18.8 Å². The molecule has 5 rings (SSSR count). The molecular weight excluding hydrogens is 380 g/mol. The quantitative estimate of drug-likeness (QED) is 0.366. The molecule has 0 amide bonds. The average Bonchev–Trinajstić information content (AvgIpc) is 3.01. The number of hydrogen-bond donors (Lipinski definition) is 1. The number of nitrogens with zero attached hydrogens (tertiary/aromatic N) is 1. The summed E-state index contributed by atoms with van der Waals surface area (Å²) < 4.78 is 59.6. The van der Waals surface area contributed by atoms with Crippen LogP contribution in [0.25, 0.3) is 22.2 Å². The van der Waals surface area contributed by atoms with Crippen LogP contribution < -0.4 is 5.32 Å². The SMILES string of the molecule is Cc1c2n(c3ccccc13)C(c1ccc(F)cc1)(C(F)(F)F)Nc1ccccc1-2. The Hall–Kier alpha value is -3.28. The summed E-state index contributed by atoms with van der Waals surface area (Å²) in [5.41, 5.74) is 0.160. The van der Waals surface area contributed by atoms with E-state index in [1.807, 2.05) is 25.1 Å². The van der Waals surface area contributed by atoms with Crippen LogP contribution in [0.4, 0.5) is 23.2 Å². The summed E-state index contributed by atoms with van der Waals surface area (Å²) in [5.74, 6) is -0.587. The van der Waals surface area contributed by atoms with E-state index >= 15 is 0 Å². The third-order valence-corrected chi connectivity index (χ3v) is 5.63. The summed E-state index contributed by atoms with van der Waals surface area (Å²) in [6, 6.07) is 18.5. The molecule has 0 fully saturated rings. The fourth-order valence-electron chi connectivity index (χ4n) is 4.38. The molecule has 1 atom stereocenters. The molecule has 4 aromatic rings. The molecule has 1 N–H and O–H groups in total. The number of fused-ring (bicyclic) bond motifs is 5. The van der Waals surface area contributed by atoms with E-state index in [0.29, 0.717) is 22.5 Å². The van der Waals surface area contributed by atoms with E-state index in [0.717, 1.165) is 23.1 Å². The van der Waals surface area contributed by atoms with Crippen LogP contribution in [0.15, 0.2) is 72.8 Å². The number of benzene rings is 3. The number of halogens is 4. The van der Waals surface area contributed by atoms with Crippen LogP contribution in [0.5, 0.6) is 0 Å². The second-order valence-corrected chi connectivity index (χ2v) is 7.21. The summed E-state index contributed by atoms with van der Waals surface area (Å²) in [5, 5.41) is 3.51. The Morgan fingerprint density at radius 2 is 1.52 bits per heavy atom. The first-order chi connectivity index (χ1) is 13.8. The van der Waals surface area contributed by atoms with Crippen LogP contribution in [0.1, 0.15) is 11.1 Å². The van der Waals surface area contributed by atoms with Crippen molar-refractivity contribution in [1.82, 2.24) is 4.57 Å². The van der Waals surface area contributed by atoms with E-state index in [1.54, 1.807) is 30.3 Å². The second kappa shape index (κ2) is 5.86. The number of hydrogen-bond acceptors (Lipinski definition) is 1. The average molecular weight is 396 g/mol. The van der Waals surface area contributed by atoms with Crippen molar-refractivity contribution in [3.63, 3.8) is 0 Å². The van der Waals surface area contributed by atoms with E-state index in [2.05, 4.69) is 5.32 Å². The predicted molar refractivity (Wildman–Crippen MR) is 105 cm³/mol. The van der Waals surface area contributed by atoms with Crippen molar-refractivity contribution >= 4 is 16.6 Å². The first-order valence-corrected chi connectivity index (χ1v) is 9.15. The van der Waals surface area contributed by atoms with Gasteiger partial charge in [0.15, 0.2) is 0 Å². The van der Waals surface area contributed by atoms with Crippen LogP contribution in [-0.4, -0.2) is 10.7 Å². The molecule has 0 saturated carbocycles. The zero-order chi connectivity index (χ0) is 20.4. The number of aromatic nitrogens is 1. The summed E-state index contributed by atoms with van der Waals surface area (Å²) in [6.07, 6.45) is -4.71. The van der Waals surface area contributed by atoms with Crippen molar-refractivity contribution in [3.8, 4) is 11.3 Å². The topological polar surface area (TPSA) is 17.0 Å². The number of rotatable bonds is 1. The lowest BCUT2D eigenvalue weighted by atomic mass is 9.92. The molecule has 0 aliphatic carbocycles. The van der Waals surface area contributed by atoms with Gasteiger partial charge in [-0.3, -0.25) is 0 Å². The van der Waals surface area contributed by atoms with Gasteiger partial charge in [-0.25, -0.2) is 4.39 Å². The lowest BCUT2D eigenvalue weighted by molar-refractivity contribution is -0.189. The molecule has 1 aliphatic rings. The molecule has 1 aliphatic heterocycles. The normalized spacial score (nSPS) is 18.2. The van der Waals surface area contributed by atoms with E-state index in [1.165, 1.54) is 16.7 Å². The molecule has 1 aromatic heterocycles. The molecule has 2 nitrogen and oxygen atoms in total. The summed E-state index contributed by atoms with van der Waals surface area (Å²) >= 11 is 0. The fourth-order valence-corrected chi connectivity index (χ4v) is 4.38. The lowest BCUT2D eigenvalue weighted by Crippen LogP contribution is -2.56. The molecule has 2 heterocycles. The first kappa shape index (κ1) is 17.8. The Labute approximate surface area is 164 Å². The molecule has 29 heavy (non-hydrogen) atoms. The molecule has 3 aromatic carbocycles. The number of alkyl halides is 3. The van der Waals surface area contributed by atoms with Gasteiger partial charge in [-0.05, 0) is 36.8 Å². The van der Waals surface area contributed by atoms with Gasteiger partial charge in [0.25, 0.3) is 0 Å². The third kappa shape index (κ3) is 2.29. The highest BCUT2D eigenvalue weighted by atomic mass is 19.4. The third-order valence-electron chi connectivity index (χ3n) is 5.63. The van der Waals surface area contributed by atoms with Gasteiger partial charge in [0, 0.05) is 22.2 Å². The highest BCUT2D eigenvalue weighted by Crippen LogP contribution is 2.53. The lowest BCUT2D eigenvalue weighted by Gasteiger charge is -2.44. The zero-order valence-electron chi connectivity index (χ0n) is 15.4. The highest BCUT2D eigenvalue weighted by molar-refractivity contribution is 5.96.